The second-order valence-corrected chi connectivity index (χ2v) is 7.58. The zero-order valence-electron chi connectivity index (χ0n) is 14.3. The molecule has 8 nitrogen and oxygen atoms in total. The van der Waals surface area contributed by atoms with Gasteiger partial charge in [-0.15, -0.1) is 0 Å². The summed E-state index contributed by atoms with van der Waals surface area (Å²) in [6.07, 6.45) is -0.674. The Morgan fingerprint density at radius 3 is 2.46 bits per heavy atom. The lowest BCUT2D eigenvalue weighted by atomic mass is 10.2. The second-order valence-electron chi connectivity index (χ2n) is 5.39. The zero-order chi connectivity index (χ0) is 19.8. The van der Waals surface area contributed by atoms with Gasteiger partial charge in [-0.05, 0) is 37.1 Å². The number of carbonyl (C=O) groups is 1. The largest absolute Gasteiger partial charge is 0.451 e. The van der Waals surface area contributed by atoms with Crippen molar-refractivity contribution in [3.05, 3.63) is 56.3 Å². The Bertz CT molecular complexity index is 1140. The number of carbonyl (C=O) groups excluding carboxylic acids is 1. The highest BCUT2D eigenvalue weighted by molar-refractivity contribution is 7.90. The maximum atomic E-state index is 14.3. The van der Waals surface area contributed by atoms with Crippen molar-refractivity contribution < 1.29 is 22.3 Å². The minimum absolute atomic E-state index is 0.196. The Hall–Kier alpha value is -2.46. The lowest BCUT2D eigenvalue weighted by molar-refractivity contribution is 0.181. The van der Waals surface area contributed by atoms with Gasteiger partial charge in [-0.2, -0.15) is 8.96 Å². The Morgan fingerprint density at radius 1 is 1.27 bits per heavy atom. The van der Waals surface area contributed by atoms with E-state index in [4.69, 9.17) is 11.6 Å². The number of aryl methyl sites for hydroxylation is 2. The SMILES string of the molecule is COC(=O)N=c1c(F)cn(S(=O)(=O)c2cc(C)c(Cl)cc2C)c(=O)n1C. The Kier molecular flexibility index (Phi) is 5.38. The monoisotopic (exact) mass is 403 g/mol. The van der Waals surface area contributed by atoms with Crippen molar-refractivity contribution in [2.75, 3.05) is 7.11 Å². The summed E-state index contributed by atoms with van der Waals surface area (Å²) in [5, 5.41) is 0.359. The summed E-state index contributed by atoms with van der Waals surface area (Å²) >= 11 is 5.96. The molecular formula is C15H15ClFN3O5S. The Morgan fingerprint density at radius 2 is 1.88 bits per heavy atom. The molecule has 0 bridgehead atoms. The fourth-order valence-corrected chi connectivity index (χ4v) is 3.97. The summed E-state index contributed by atoms with van der Waals surface area (Å²) in [5.41, 5.74) is -0.997. The number of aromatic nitrogens is 2. The molecule has 1 heterocycles. The molecule has 0 radical (unpaired) electrons. The van der Waals surface area contributed by atoms with E-state index in [0.29, 0.717) is 26.9 Å². The fraction of sp³-hybridized carbons (Fsp3) is 0.267. The molecule has 0 saturated heterocycles. The van der Waals surface area contributed by atoms with Crippen LogP contribution in [0.25, 0.3) is 0 Å². The maximum Gasteiger partial charge on any atom is 0.435 e. The molecule has 0 N–H and O–H groups in total. The summed E-state index contributed by atoms with van der Waals surface area (Å²) in [4.78, 5) is 26.7. The molecule has 0 unspecified atom stereocenters. The first-order chi connectivity index (χ1) is 12.0. The van der Waals surface area contributed by atoms with Crippen LogP contribution in [0.1, 0.15) is 11.1 Å². The van der Waals surface area contributed by atoms with Crippen LogP contribution in [0.2, 0.25) is 5.02 Å². The van der Waals surface area contributed by atoms with E-state index in [-0.39, 0.29) is 8.87 Å². The van der Waals surface area contributed by atoms with Crippen LogP contribution in [0.4, 0.5) is 9.18 Å². The quantitative estimate of drug-likeness (QED) is 0.756. The predicted molar refractivity (Wildman–Crippen MR) is 91.1 cm³/mol. The van der Waals surface area contributed by atoms with Gasteiger partial charge >= 0.3 is 11.8 Å². The molecule has 2 rings (SSSR count). The molecule has 1 aromatic heterocycles. The van der Waals surface area contributed by atoms with Gasteiger partial charge in [-0.3, -0.25) is 4.57 Å². The van der Waals surface area contributed by atoms with Crippen LogP contribution >= 0.6 is 11.6 Å². The van der Waals surface area contributed by atoms with Crippen molar-refractivity contribution in [1.82, 2.24) is 8.54 Å². The van der Waals surface area contributed by atoms with Gasteiger partial charge in [0, 0.05) is 12.1 Å². The van der Waals surface area contributed by atoms with E-state index in [9.17, 15) is 22.4 Å². The van der Waals surface area contributed by atoms with Crippen molar-refractivity contribution in [3.8, 4) is 0 Å². The van der Waals surface area contributed by atoms with Crippen molar-refractivity contribution in [1.29, 1.82) is 0 Å². The number of amides is 1. The molecule has 0 saturated carbocycles. The lowest BCUT2D eigenvalue weighted by Crippen LogP contribution is -2.43. The summed E-state index contributed by atoms with van der Waals surface area (Å²) in [5.74, 6) is -1.19. The van der Waals surface area contributed by atoms with Crippen molar-refractivity contribution in [2.45, 2.75) is 18.7 Å². The third-order valence-electron chi connectivity index (χ3n) is 3.60. The molecule has 1 amide bonds. The molecule has 2 aromatic rings. The molecule has 0 aliphatic rings. The first kappa shape index (κ1) is 19.9. The summed E-state index contributed by atoms with van der Waals surface area (Å²) in [7, 11) is -2.30. The molecule has 0 atom stereocenters. The van der Waals surface area contributed by atoms with E-state index >= 15 is 0 Å². The topological polar surface area (TPSA) is 99.7 Å². The van der Waals surface area contributed by atoms with Crippen LogP contribution in [-0.2, 0) is 21.8 Å². The van der Waals surface area contributed by atoms with E-state index in [1.54, 1.807) is 6.92 Å². The van der Waals surface area contributed by atoms with Crippen LogP contribution in [0.3, 0.4) is 0 Å². The van der Waals surface area contributed by atoms with Gasteiger partial charge in [0.15, 0.2) is 11.3 Å². The average Bonchev–Trinajstić information content (AvgIpc) is 2.57. The first-order valence-corrected chi connectivity index (χ1v) is 8.95. The Labute approximate surface area is 153 Å². The fourth-order valence-electron chi connectivity index (χ4n) is 2.19. The molecule has 0 aliphatic heterocycles. The van der Waals surface area contributed by atoms with Gasteiger partial charge in [-0.1, -0.05) is 11.6 Å². The minimum atomic E-state index is -4.41. The van der Waals surface area contributed by atoms with Crippen LogP contribution in [-0.4, -0.2) is 30.2 Å². The number of nitrogens with zero attached hydrogens (tertiary/aromatic N) is 3. The van der Waals surface area contributed by atoms with E-state index in [1.807, 2.05) is 0 Å². The molecule has 140 valence electrons. The van der Waals surface area contributed by atoms with Gasteiger partial charge in [0.1, 0.15) is 0 Å². The van der Waals surface area contributed by atoms with Gasteiger partial charge in [-0.25, -0.2) is 22.4 Å². The van der Waals surface area contributed by atoms with E-state index in [1.165, 1.54) is 19.1 Å². The lowest BCUT2D eigenvalue weighted by Gasteiger charge is -2.13. The minimum Gasteiger partial charge on any atom is -0.451 e. The van der Waals surface area contributed by atoms with Crippen molar-refractivity contribution in [3.63, 3.8) is 0 Å². The predicted octanol–water partition coefficient (Wildman–Crippen LogP) is 1.50. The first-order valence-electron chi connectivity index (χ1n) is 7.14. The molecule has 26 heavy (non-hydrogen) atoms. The van der Waals surface area contributed by atoms with Gasteiger partial charge < -0.3 is 4.74 Å². The number of ether oxygens (including phenoxy) is 1. The van der Waals surface area contributed by atoms with Gasteiger partial charge in [0.25, 0.3) is 10.0 Å². The smallest absolute Gasteiger partial charge is 0.435 e. The second kappa shape index (κ2) is 7.04. The molecule has 0 aliphatic carbocycles. The number of hydrogen-bond acceptors (Lipinski definition) is 5. The van der Waals surface area contributed by atoms with E-state index in [0.717, 1.165) is 14.2 Å². The van der Waals surface area contributed by atoms with E-state index in [2.05, 4.69) is 9.73 Å². The average molecular weight is 404 g/mol. The van der Waals surface area contributed by atoms with Crippen LogP contribution < -0.4 is 11.2 Å². The third-order valence-corrected chi connectivity index (χ3v) is 5.78. The highest BCUT2D eigenvalue weighted by atomic mass is 35.5. The van der Waals surface area contributed by atoms with Crippen LogP contribution in [0, 0.1) is 19.7 Å². The van der Waals surface area contributed by atoms with E-state index < -0.39 is 33.1 Å². The summed E-state index contributed by atoms with van der Waals surface area (Å²) in [6.45, 7) is 3.10. The molecule has 1 aromatic carbocycles. The molecule has 0 fully saturated rings. The summed E-state index contributed by atoms with van der Waals surface area (Å²) < 4.78 is 45.1. The Balaban J connectivity index is 2.82. The third kappa shape index (κ3) is 3.42. The molecule has 0 spiro atoms. The molecular weight excluding hydrogens is 389 g/mol. The van der Waals surface area contributed by atoms with Gasteiger partial charge in [0.05, 0.1) is 18.2 Å². The summed E-state index contributed by atoms with van der Waals surface area (Å²) in [6, 6.07) is 2.73. The standard InChI is InChI=1S/C15H15ClFN3O5S/c1-8-6-12(9(2)5-10(8)16)26(23,24)20-7-11(17)13(18-14(21)25-4)19(3)15(20)22/h5-7H,1-4H3. The number of rotatable bonds is 2. The van der Waals surface area contributed by atoms with Crippen LogP contribution in [0.5, 0.6) is 0 Å². The number of methoxy groups -OCH3 is 1. The molecule has 11 heteroatoms. The van der Waals surface area contributed by atoms with Gasteiger partial charge in [0.2, 0.25) is 0 Å². The van der Waals surface area contributed by atoms with Crippen molar-refractivity contribution >= 4 is 27.7 Å². The highest BCUT2D eigenvalue weighted by Crippen LogP contribution is 2.24. The zero-order valence-corrected chi connectivity index (χ0v) is 15.9. The number of benzene rings is 1. The highest BCUT2D eigenvalue weighted by Gasteiger charge is 2.24. The number of hydrogen-bond donors (Lipinski definition) is 0. The maximum absolute atomic E-state index is 14.3. The number of halogens is 2. The normalized spacial score (nSPS) is 12.3. The van der Waals surface area contributed by atoms with Crippen molar-refractivity contribution in [2.24, 2.45) is 12.0 Å². The van der Waals surface area contributed by atoms with Crippen LogP contribution in [0.15, 0.2) is 33.0 Å².